The molecule has 0 aliphatic carbocycles. The molecule has 7 rings (SSSR count). The third-order valence-electron chi connectivity index (χ3n) is 7.08. The highest BCUT2D eigenvalue weighted by molar-refractivity contribution is 6.30. The van der Waals surface area contributed by atoms with Crippen molar-refractivity contribution in [3.63, 3.8) is 0 Å². The molecule has 0 saturated carbocycles. The maximum absolute atomic E-state index is 11.9. The zero-order chi connectivity index (χ0) is 34.5. The molecule has 1 saturated heterocycles. The number of hydrogen-bond donors (Lipinski definition) is 7. The second-order valence-corrected chi connectivity index (χ2v) is 11.5. The Morgan fingerprint density at radius 1 is 0.833 bits per heavy atom. The molecule has 19 heteroatoms. The molecule has 1 fully saturated rings. The molecule has 6 aromatic rings. The van der Waals surface area contributed by atoms with Crippen LogP contribution in [0.25, 0.3) is 22.3 Å². The van der Waals surface area contributed by atoms with Gasteiger partial charge in [0.15, 0.2) is 28.6 Å². The van der Waals surface area contributed by atoms with Gasteiger partial charge in [-0.1, -0.05) is 47.5 Å². The minimum Gasteiger partial charge on any atom is -0.394 e. The molecule has 1 aliphatic heterocycles. The zero-order valence-electron chi connectivity index (χ0n) is 24.7. The molecule has 0 amide bonds. The first-order valence-corrected chi connectivity index (χ1v) is 15.4. The fourth-order valence-electron chi connectivity index (χ4n) is 4.72. The fraction of sp³-hybridized carbons (Fsp3) is 0.241. The van der Waals surface area contributed by atoms with Crippen LogP contribution in [-0.4, -0.2) is 79.3 Å². The van der Waals surface area contributed by atoms with Gasteiger partial charge in [0, 0.05) is 22.5 Å². The highest BCUT2D eigenvalue weighted by Crippen LogP contribution is 2.30. The zero-order valence-corrected chi connectivity index (χ0v) is 27.0. The first-order valence-electron chi connectivity index (χ1n) is 14.1. The standard InChI is InChI=1S/C12H10ClN5O.C10H13N5O5.C7H6Cl2/c13-8-3-1-7(2-4-8)5-18-6-15-10-9(18)11(19)17-12(14)16-10;11-10-13-7-4(8(19)14-10)12-2-15(7)9-6(18)5(17)3(1-16)20-9;8-5-6-1-3-7(9)4-2-6/h1-4,6H,5H2,(H3,14,16,17,19);2-3,5-6,9,16-18H,1H2,(H3,11,13,14,19);1-4H,5H2/t;3-,5-,6-,9+;/m.0./s1. The number of anilines is 2. The van der Waals surface area contributed by atoms with Gasteiger partial charge in [-0.15, -0.1) is 11.6 Å². The maximum atomic E-state index is 11.9. The van der Waals surface area contributed by atoms with Gasteiger partial charge >= 0.3 is 0 Å². The van der Waals surface area contributed by atoms with E-state index in [9.17, 15) is 19.8 Å². The van der Waals surface area contributed by atoms with E-state index in [1.807, 2.05) is 36.4 Å². The summed E-state index contributed by atoms with van der Waals surface area (Å²) in [6.45, 7) is 0.0693. The van der Waals surface area contributed by atoms with Crippen LogP contribution in [0.3, 0.4) is 0 Å². The second-order valence-electron chi connectivity index (χ2n) is 10.4. The minimum atomic E-state index is -1.29. The number of fused-ring (bicyclic) bond motifs is 2. The predicted molar refractivity (Wildman–Crippen MR) is 180 cm³/mol. The highest BCUT2D eigenvalue weighted by atomic mass is 35.5. The van der Waals surface area contributed by atoms with E-state index in [1.54, 1.807) is 23.0 Å². The Hall–Kier alpha value is -4.55. The number of nitrogens with two attached hydrogens (primary N) is 2. The quantitative estimate of drug-likeness (QED) is 0.126. The van der Waals surface area contributed by atoms with Crippen LogP contribution in [0.15, 0.2) is 70.8 Å². The molecule has 4 aromatic heterocycles. The molecule has 0 spiro atoms. The van der Waals surface area contributed by atoms with Crippen molar-refractivity contribution >= 4 is 69.0 Å². The Morgan fingerprint density at radius 3 is 2.04 bits per heavy atom. The van der Waals surface area contributed by atoms with Gasteiger partial charge in [0.1, 0.15) is 18.3 Å². The van der Waals surface area contributed by atoms with Gasteiger partial charge in [-0.25, -0.2) is 9.97 Å². The van der Waals surface area contributed by atoms with E-state index in [4.69, 9.17) is 56.1 Å². The molecule has 48 heavy (non-hydrogen) atoms. The Morgan fingerprint density at radius 2 is 1.44 bits per heavy atom. The number of aromatic nitrogens is 8. The molecule has 4 atom stereocenters. The number of nitrogens with zero attached hydrogens (tertiary/aromatic N) is 6. The Kier molecular flexibility index (Phi) is 11.0. The minimum absolute atomic E-state index is 0.0388. The van der Waals surface area contributed by atoms with E-state index < -0.39 is 36.7 Å². The summed E-state index contributed by atoms with van der Waals surface area (Å²) in [6.07, 6.45) is -1.64. The molecule has 252 valence electrons. The van der Waals surface area contributed by atoms with Gasteiger partial charge in [-0.3, -0.25) is 24.1 Å². The van der Waals surface area contributed by atoms with Crippen molar-refractivity contribution in [3.8, 4) is 0 Å². The molecular weight excluding hydrogens is 691 g/mol. The largest absolute Gasteiger partial charge is 0.394 e. The van der Waals surface area contributed by atoms with Crippen molar-refractivity contribution < 1.29 is 20.1 Å². The first-order chi connectivity index (χ1) is 23.0. The fourth-order valence-corrected chi connectivity index (χ4v) is 5.15. The third kappa shape index (κ3) is 7.77. The molecule has 5 heterocycles. The van der Waals surface area contributed by atoms with Crippen molar-refractivity contribution in [1.82, 2.24) is 39.0 Å². The molecule has 0 unspecified atom stereocenters. The SMILES string of the molecule is ClCc1ccc(Cl)cc1.Nc1nc2c(ncn2[C@@H]2O[C@@H](CO)[C@H](O)[C@@H]2O)c(=O)[nH]1.Nc1nc2ncn(Cc3ccc(Cl)cc3)c2c(=O)[nH]1. The van der Waals surface area contributed by atoms with Crippen LogP contribution in [0, 0.1) is 0 Å². The number of rotatable bonds is 5. The second kappa shape index (κ2) is 15.1. The summed E-state index contributed by atoms with van der Waals surface area (Å²) < 4.78 is 8.37. The number of nitrogens with one attached hydrogen (secondary N) is 2. The summed E-state index contributed by atoms with van der Waals surface area (Å²) in [5.41, 5.74) is 13.2. The summed E-state index contributed by atoms with van der Waals surface area (Å²) in [5.74, 6) is 0.516. The monoisotopic (exact) mass is 718 g/mol. The Bertz CT molecular complexity index is 2120. The van der Waals surface area contributed by atoms with Gasteiger partial charge in [0.2, 0.25) is 11.9 Å². The third-order valence-corrected chi connectivity index (χ3v) is 7.89. The smallest absolute Gasteiger partial charge is 0.280 e. The molecule has 2 aromatic carbocycles. The van der Waals surface area contributed by atoms with E-state index >= 15 is 0 Å². The van der Waals surface area contributed by atoms with Gasteiger partial charge in [-0.05, 0) is 35.4 Å². The highest BCUT2D eigenvalue weighted by Gasteiger charge is 2.44. The normalized spacial score (nSPS) is 18.7. The first kappa shape index (κ1) is 34.8. The van der Waals surface area contributed by atoms with Crippen molar-refractivity contribution in [1.29, 1.82) is 0 Å². The lowest BCUT2D eigenvalue weighted by Crippen LogP contribution is -2.33. The molecule has 0 bridgehead atoms. The van der Waals surface area contributed by atoms with Gasteiger partial charge in [-0.2, -0.15) is 9.97 Å². The molecule has 0 radical (unpaired) electrons. The summed E-state index contributed by atoms with van der Waals surface area (Å²) in [4.78, 5) is 44.2. The van der Waals surface area contributed by atoms with Crippen LogP contribution in [-0.2, 0) is 17.2 Å². The van der Waals surface area contributed by atoms with Gasteiger partial charge < -0.3 is 36.1 Å². The maximum Gasteiger partial charge on any atom is 0.280 e. The summed E-state index contributed by atoms with van der Waals surface area (Å²) in [5, 5.41) is 30.2. The number of imidazole rings is 2. The van der Waals surface area contributed by atoms with E-state index in [2.05, 4.69) is 29.9 Å². The van der Waals surface area contributed by atoms with E-state index in [0.717, 1.165) is 16.1 Å². The number of aromatic amines is 2. The van der Waals surface area contributed by atoms with Gasteiger partial charge in [0.25, 0.3) is 11.1 Å². The van der Waals surface area contributed by atoms with Crippen molar-refractivity contribution in [2.45, 2.75) is 37.0 Å². The number of hydrogen-bond acceptors (Lipinski definition) is 12. The molecule has 16 nitrogen and oxygen atoms in total. The van der Waals surface area contributed by atoms with E-state index in [0.29, 0.717) is 28.6 Å². The van der Waals surface area contributed by atoms with E-state index in [-0.39, 0.29) is 28.6 Å². The number of aliphatic hydroxyl groups is 3. The molecule has 1 aliphatic rings. The Labute approximate surface area is 285 Å². The van der Waals surface area contributed by atoms with Crippen molar-refractivity contribution in [2.24, 2.45) is 0 Å². The van der Waals surface area contributed by atoms with Crippen molar-refractivity contribution in [2.75, 3.05) is 18.1 Å². The summed E-state index contributed by atoms with van der Waals surface area (Å²) in [6, 6.07) is 14.9. The van der Waals surface area contributed by atoms with Crippen LogP contribution in [0.1, 0.15) is 17.4 Å². The average Bonchev–Trinajstić information content (AvgIpc) is 3.75. The topological polar surface area (TPSA) is 249 Å². The number of aliphatic hydroxyl groups excluding tert-OH is 3. The molecule has 9 N–H and O–H groups in total. The molecular formula is C29H29Cl3N10O6. The number of nitrogen functional groups attached to an aromatic ring is 2. The van der Waals surface area contributed by atoms with Crippen LogP contribution in [0.4, 0.5) is 11.9 Å². The van der Waals surface area contributed by atoms with E-state index in [1.165, 1.54) is 10.9 Å². The number of alkyl halides is 1. The number of halogens is 3. The van der Waals surface area contributed by atoms with Crippen LogP contribution >= 0.6 is 34.8 Å². The Balaban J connectivity index is 0.000000151. The number of H-pyrrole nitrogens is 2. The van der Waals surface area contributed by atoms with Crippen LogP contribution in [0.2, 0.25) is 10.0 Å². The predicted octanol–water partition coefficient (Wildman–Crippen LogP) is 1.80. The lowest BCUT2D eigenvalue weighted by atomic mass is 10.1. The summed E-state index contributed by atoms with van der Waals surface area (Å²) >= 11 is 17.0. The van der Waals surface area contributed by atoms with Gasteiger partial charge in [0.05, 0.1) is 19.3 Å². The summed E-state index contributed by atoms with van der Waals surface area (Å²) in [7, 11) is 0. The lowest BCUT2D eigenvalue weighted by molar-refractivity contribution is -0.0511. The average molecular weight is 720 g/mol. The van der Waals surface area contributed by atoms with Crippen LogP contribution in [0.5, 0.6) is 0 Å². The number of ether oxygens (including phenoxy) is 1. The van der Waals surface area contributed by atoms with Crippen molar-refractivity contribution in [3.05, 3.63) is 103 Å². The lowest BCUT2D eigenvalue weighted by Gasteiger charge is -2.16. The number of benzene rings is 2. The van der Waals surface area contributed by atoms with Crippen LogP contribution < -0.4 is 22.6 Å².